The number of pyridine rings is 1. The van der Waals surface area contributed by atoms with Gasteiger partial charge in [0.15, 0.2) is 0 Å². The van der Waals surface area contributed by atoms with E-state index in [4.69, 9.17) is 10.8 Å². The molecule has 21 heavy (non-hydrogen) atoms. The van der Waals surface area contributed by atoms with Crippen molar-refractivity contribution >= 4 is 17.8 Å². The highest BCUT2D eigenvalue weighted by Gasteiger charge is 2.18. The number of carboxylic acids is 1. The molecule has 0 aliphatic rings. The second kappa shape index (κ2) is 5.58. The van der Waals surface area contributed by atoms with Crippen molar-refractivity contribution in [2.75, 3.05) is 12.8 Å². The molecule has 2 aromatic rings. The standard InChI is InChI=1S/C14H11FN2O4/c1-21-14(20)7-2-3-11(15)8(4-7)10-6-17-12(16)5-9(10)13(18)19/h2-6H,1H3,(H2,16,17)(H,18,19). The van der Waals surface area contributed by atoms with E-state index >= 15 is 0 Å². The van der Waals surface area contributed by atoms with Crippen LogP contribution in [0.1, 0.15) is 20.7 Å². The maximum atomic E-state index is 14.0. The Kier molecular flexibility index (Phi) is 3.84. The fourth-order valence-corrected chi connectivity index (χ4v) is 1.84. The zero-order valence-electron chi connectivity index (χ0n) is 11.0. The number of hydrogen-bond acceptors (Lipinski definition) is 5. The summed E-state index contributed by atoms with van der Waals surface area (Å²) in [6, 6.07) is 4.64. The Hall–Kier alpha value is -2.96. The fraction of sp³-hybridized carbons (Fsp3) is 0.0714. The number of aromatic carboxylic acids is 1. The summed E-state index contributed by atoms with van der Waals surface area (Å²) in [6.07, 6.45) is 1.15. The smallest absolute Gasteiger partial charge is 0.337 e. The van der Waals surface area contributed by atoms with Gasteiger partial charge in [0.05, 0.1) is 18.2 Å². The Morgan fingerprint density at radius 1 is 1.29 bits per heavy atom. The number of esters is 1. The van der Waals surface area contributed by atoms with Crippen LogP contribution in [0.2, 0.25) is 0 Å². The summed E-state index contributed by atoms with van der Waals surface area (Å²) < 4.78 is 18.5. The molecule has 2 rings (SSSR count). The lowest BCUT2D eigenvalue weighted by Gasteiger charge is -2.09. The lowest BCUT2D eigenvalue weighted by Crippen LogP contribution is -2.06. The molecule has 6 nitrogen and oxygen atoms in total. The van der Waals surface area contributed by atoms with Gasteiger partial charge in [-0.05, 0) is 24.3 Å². The normalized spacial score (nSPS) is 10.2. The molecule has 1 heterocycles. The topological polar surface area (TPSA) is 103 Å². The zero-order chi connectivity index (χ0) is 15.6. The molecular formula is C14H11FN2O4. The van der Waals surface area contributed by atoms with Gasteiger partial charge in [0.2, 0.25) is 0 Å². The molecule has 0 unspecified atom stereocenters. The highest BCUT2D eigenvalue weighted by Crippen LogP contribution is 2.28. The van der Waals surface area contributed by atoms with Crippen LogP contribution in [-0.2, 0) is 4.74 Å². The van der Waals surface area contributed by atoms with E-state index in [9.17, 15) is 14.0 Å². The largest absolute Gasteiger partial charge is 0.478 e. The number of methoxy groups -OCH3 is 1. The van der Waals surface area contributed by atoms with Crippen LogP contribution in [0.25, 0.3) is 11.1 Å². The minimum Gasteiger partial charge on any atom is -0.478 e. The molecule has 0 saturated carbocycles. The number of carboxylic acid groups (broad SMARTS) is 1. The molecule has 0 spiro atoms. The third-order valence-corrected chi connectivity index (χ3v) is 2.83. The third kappa shape index (κ3) is 2.81. The molecule has 3 N–H and O–H groups in total. The first kappa shape index (κ1) is 14.4. The molecular weight excluding hydrogens is 279 g/mol. The molecule has 1 aromatic carbocycles. The van der Waals surface area contributed by atoms with Gasteiger partial charge in [-0.25, -0.2) is 19.0 Å². The number of nitrogens with zero attached hydrogens (tertiary/aromatic N) is 1. The number of hydrogen-bond donors (Lipinski definition) is 2. The molecule has 0 fully saturated rings. The third-order valence-electron chi connectivity index (χ3n) is 2.83. The Bertz CT molecular complexity index is 731. The summed E-state index contributed by atoms with van der Waals surface area (Å²) >= 11 is 0. The van der Waals surface area contributed by atoms with Crippen molar-refractivity contribution in [3.63, 3.8) is 0 Å². The van der Waals surface area contributed by atoms with E-state index < -0.39 is 17.8 Å². The molecule has 1 aromatic heterocycles. The van der Waals surface area contributed by atoms with Crippen molar-refractivity contribution in [1.29, 1.82) is 0 Å². The second-order valence-electron chi connectivity index (χ2n) is 4.15. The molecule has 0 atom stereocenters. The van der Waals surface area contributed by atoms with Crippen molar-refractivity contribution in [2.45, 2.75) is 0 Å². The van der Waals surface area contributed by atoms with Gasteiger partial charge < -0.3 is 15.6 Å². The maximum Gasteiger partial charge on any atom is 0.337 e. The average molecular weight is 290 g/mol. The minimum atomic E-state index is -1.28. The first-order valence-corrected chi connectivity index (χ1v) is 5.81. The van der Waals surface area contributed by atoms with Crippen molar-refractivity contribution in [3.8, 4) is 11.1 Å². The van der Waals surface area contributed by atoms with Crippen molar-refractivity contribution in [1.82, 2.24) is 4.98 Å². The van der Waals surface area contributed by atoms with Crippen molar-refractivity contribution in [2.24, 2.45) is 0 Å². The van der Waals surface area contributed by atoms with E-state index in [1.807, 2.05) is 0 Å². The summed E-state index contributed by atoms with van der Waals surface area (Å²) in [5, 5.41) is 9.17. The quantitative estimate of drug-likeness (QED) is 0.838. The van der Waals surface area contributed by atoms with Gasteiger partial charge in [-0.3, -0.25) is 0 Å². The molecule has 0 radical (unpaired) electrons. The molecule has 108 valence electrons. The lowest BCUT2D eigenvalue weighted by molar-refractivity contribution is 0.0600. The molecule has 0 saturated heterocycles. The van der Waals surface area contributed by atoms with Crippen molar-refractivity contribution < 1.29 is 23.8 Å². The van der Waals surface area contributed by atoms with Gasteiger partial charge in [0.1, 0.15) is 11.6 Å². The first-order valence-electron chi connectivity index (χ1n) is 5.81. The summed E-state index contributed by atoms with van der Waals surface area (Å²) in [4.78, 5) is 26.5. The van der Waals surface area contributed by atoms with E-state index in [2.05, 4.69) is 9.72 Å². The fourth-order valence-electron chi connectivity index (χ4n) is 1.84. The van der Waals surface area contributed by atoms with E-state index in [1.165, 1.54) is 19.2 Å². The van der Waals surface area contributed by atoms with Gasteiger partial charge in [0, 0.05) is 17.3 Å². The van der Waals surface area contributed by atoms with Gasteiger partial charge in [-0.2, -0.15) is 0 Å². The summed E-state index contributed by atoms with van der Waals surface area (Å²) in [6.45, 7) is 0. The van der Waals surface area contributed by atoms with Crippen LogP contribution in [0.15, 0.2) is 30.5 Å². The van der Waals surface area contributed by atoms with Crippen LogP contribution in [0.4, 0.5) is 10.2 Å². The minimum absolute atomic E-state index is 0.000630. The molecule has 0 bridgehead atoms. The van der Waals surface area contributed by atoms with E-state index in [0.29, 0.717) is 0 Å². The van der Waals surface area contributed by atoms with Crippen LogP contribution >= 0.6 is 0 Å². The highest BCUT2D eigenvalue weighted by atomic mass is 19.1. The predicted molar refractivity (Wildman–Crippen MR) is 72.3 cm³/mol. The maximum absolute atomic E-state index is 14.0. The molecule has 0 aliphatic heterocycles. The number of anilines is 1. The summed E-state index contributed by atoms with van der Waals surface area (Å²) in [5.74, 6) is -2.61. The number of benzene rings is 1. The Morgan fingerprint density at radius 2 is 2.00 bits per heavy atom. The summed E-state index contributed by atoms with van der Waals surface area (Å²) in [5.41, 5.74) is 5.29. The van der Waals surface area contributed by atoms with Crippen LogP contribution in [0.3, 0.4) is 0 Å². The van der Waals surface area contributed by atoms with Gasteiger partial charge in [0.25, 0.3) is 0 Å². The van der Waals surface area contributed by atoms with Crippen LogP contribution < -0.4 is 5.73 Å². The highest BCUT2D eigenvalue weighted by molar-refractivity contribution is 5.98. The number of halogens is 1. The number of nitrogens with two attached hydrogens (primary N) is 1. The second-order valence-corrected chi connectivity index (χ2v) is 4.15. The Labute approximate surface area is 119 Å². The first-order chi connectivity index (χ1) is 9.93. The number of ether oxygens (including phenoxy) is 1. The van der Waals surface area contributed by atoms with E-state index in [1.54, 1.807) is 0 Å². The predicted octanol–water partition coefficient (Wildman–Crippen LogP) is 1.95. The molecule has 0 aliphatic carbocycles. The van der Waals surface area contributed by atoms with Crippen LogP contribution in [-0.4, -0.2) is 29.1 Å². The molecule has 0 amide bonds. The Balaban J connectivity index is 2.66. The van der Waals surface area contributed by atoms with E-state index in [0.717, 1.165) is 18.3 Å². The zero-order valence-corrected chi connectivity index (χ0v) is 11.0. The van der Waals surface area contributed by atoms with Crippen LogP contribution in [0.5, 0.6) is 0 Å². The van der Waals surface area contributed by atoms with Crippen LogP contribution in [0, 0.1) is 5.82 Å². The monoisotopic (exact) mass is 290 g/mol. The molecule has 7 heteroatoms. The number of rotatable bonds is 3. The van der Waals surface area contributed by atoms with Crippen molar-refractivity contribution in [3.05, 3.63) is 47.4 Å². The van der Waals surface area contributed by atoms with Gasteiger partial charge in [-0.15, -0.1) is 0 Å². The average Bonchev–Trinajstić information content (AvgIpc) is 2.47. The lowest BCUT2D eigenvalue weighted by atomic mass is 9.99. The SMILES string of the molecule is COC(=O)c1ccc(F)c(-c2cnc(N)cc2C(=O)O)c1. The number of nitrogen functional groups attached to an aromatic ring is 1. The number of aromatic nitrogens is 1. The number of carbonyl (C=O) groups is 2. The summed E-state index contributed by atoms with van der Waals surface area (Å²) in [7, 11) is 1.19. The van der Waals surface area contributed by atoms with Gasteiger partial charge in [-0.1, -0.05) is 0 Å². The number of carbonyl (C=O) groups excluding carboxylic acids is 1. The van der Waals surface area contributed by atoms with E-state index in [-0.39, 0.29) is 28.1 Å². The Morgan fingerprint density at radius 3 is 2.62 bits per heavy atom. The van der Waals surface area contributed by atoms with Gasteiger partial charge >= 0.3 is 11.9 Å².